The minimum atomic E-state index is 0.776. The summed E-state index contributed by atoms with van der Waals surface area (Å²) in [5, 5.41) is 3.33. The van der Waals surface area contributed by atoms with E-state index in [2.05, 4.69) is 25.2 Å². The SMILES string of the molecule is c1cn2c(-c3ccnc(N4CCNCC4)n3)cnc2cn1. The lowest BCUT2D eigenvalue weighted by molar-refractivity contribution is 0.580. The van der Waals surface area contributed by atoms with Gasteiger partial charge in [0.1, 0.15) is 0 Å². The van der Waals surface area contributed by atoms with Gasteiger partial charge in [-0.3, -0.25) is 9.38 Å². The van der Waals surface area contributed by atoms with Crippen molar-refractivity contribution in [1.82, 2.24) is 29.7 Å². The Bertz CT molecular complexity index is 761. The number of imidazole rings is 1. The van der Waals surface area contributed by atoms with Crippen LogP contribution in [0.25, 0.3) is 17.0 Å². The van der Waals surface area contributed by atoms with Crippen LogP contribution in [-0.4, -0.2) is 50.5 Å². The van der Waals surface area contributed by atoms with Crippen LogP contribution < -0.4 is 10.2 Å². The molecule has 1 saturated heterocycles. The average Bonchev–Trinajstić information content (AvgIpc) is 3.00. The normalized spacial score (nSPS) is 15.5. The minimum Gasteiger partial charge on any atom is -0.338 e. The lowest BCUT2D eigenvalue weighted by Gasteiger charge is -2.27. The van der Waals surface area contributed by atoms with Crippen molar-refractivity contribution in [1.29, 1.82) is 0 Å². The van der Waals surface area contributed by atoms with E-state index in [4.69, 9.17) is 4.98 Å². The van der Waals surface area contributed by atoms with Gasteiger partial charge in [-0.1, -0.05) is 0 Å². The molecule has 0 aromatic carbocycles. The van der Waals surface area contributed by atoms with Crippen LogP contribution in [0.15, 0.2) is 37.1 Å². The molecule has 3 aromatic heterocycles. The molecule has 3 aromatic rings. The Morgan fingerprint density at radius 2 is 1.95 bits per heavy atom. The molecule has 0 saturated carbocycles. The molecule has 1 aliphatic rings. The molecular formula is C14H15N7. The van der Waals surface area contributed by atoms with Gasteiger partial charge < -0.3 is 10.2 Å². The molecule has 7 nitrogen and oxygen atoms in total. The van der Waals surface area contributed by atoms with E-state index in [9.17, 15) is 0 Å². The molecule has 0 radical (unpaired) electrons. The predicted octanol–water partition coefficient (Wildman–Crippen LogP) is 0.596. The zero-order valence-corrected chi connectivity index (χ0v) is 11.5. The second kappa shape index (κ2) is 5.10. The van der Waals surface area contributed by atoms with Crippen LogP contribution in [0.3, 0.4) is 0 Å². The lowest BCUT2D eigenvalue weighted by Crippen LogP contribution is -2.44. The summed E-state index contributed by atoms with van der Waals surface area (Å²) in [5.74, 6) is 0.776. The fourth-order valence-corrected chi connectivity index (χ4v) is 2.54. The van der Waals surface area contributed by atoms with E-state index in [1.165, 1.54) is 0 Å². The molecule has 0 unspecified atom stereocenters. The van der Waals surface area contributed by atoms with Gasteiger partial charge in [0.15, 0.2) is 5.65 Å². The maximum Gasteiger partial charge on any atom is 0.225 e. The van der Waals surface area contributed by atoms with Crippen molar-refractivity contribution in [2.45, 2.75) is 0 Å². The van der Waals surface area contributed by atoms with Crippen LogP contribution >= 0.6 is 0 Å². The summed E-state index contributed by atoms with van der Waals surface area (Å²) in [4.78, 5) is 19.7. The highest BCUT2D eigenvalue weighted by Gasteiger charge is 2.14. The number of piperazine rings is 1. The van der Waals surface area contributed by atoms with Crippen LogP contribution in [0.2, 0.25) is 0 Å². The third kappa shape index (κ3) is 2.21. The second-order valence-corrected chi connectivity index (χ2v) is 4.93. The monoisotopic (exact) mass is 281 g/mol. The first-order valence-corrected chi connectivity index (χ1v) is 6.98. The fourth-order valence-electron chi connectivity index (χ4n) is 2.54. The molecule has 1 aliphatic heterocycles. The van der Waals surface area contributed by atoms with E-state index in [-0.39, 0.29) is 0 Å². The molecule has 21 heavy (non-hydrogen) atoms. The number of nitrogens with zero attached hydrogens (tertiary/aromatic N) is 6. The van der Waals surface area contributed by atoms with E-state index in [0.717, 1.165) is 49.2 Å². The number of hydrogen-bond donors (Lipinski definition) is 1. The van der Waals surface area contributed by atoms with Gasteiger partial charge in [-0.15, -0.1) is 0 Å². The molecule has 1 N–H and O–H groups in total. The molecule has 0 aliphatic carbocycles. The molecule has 4 rings (SSSR count). The molecule has 0 amide bonds. The first-order chi connectivity index (χ1) is 10.4. The van der Waals surface area contributed by atoms with Crippen LogP contribution in [0.1, 0.15) is 0 Å². The summed E-state index contributed by atoms with van der Waals surface area (Å²) in [6.07, 6.45) is 9.00. The number of fused-ring (bicyclic) bond motifs is 1. The van der Waals surface area contributed by atoms with Gasteiger partial charge in [0.25, 0.3) is 0 Å². The molecule has 0 spiro atoms. The van der Waals surface area contributed by atoms with Crippen molar-refractivity contribution in [2.75, 3.05) is 31.1 Å². The van der Waals surface area contributed by atoms with Gasteiger partial charge in [0.05, 0.1) is 23.8 Å². The van der Waals surface area contributed by atoms with Crippen molar-refractivity contribution in [3.05, 3.63) is 37.1 Å². The zero-order valence-electron chi connectivity index (χ0n) is 11.5. The van der Waals surface area contributed by atoms with E-state index < -0.39 is 0 Å². The highest BCUT2D eigenvalue weighted by molar-refractivity contribution is 5.60. The Balaban J connectivity index is 1.75. The Hall–Kier alpha value is -2.54. The Morgan fingerprint density at radius 1 is 1.05 bits per heavy atom. The summed E-state index contributed by atoms with van der Waals surface area (Å²) in [5.41, 5.74) is 2.64. The van der Waals surface area contributed by atoms with Gasteiger partial charge in [-0.25, -0.2) is 15.0 Å². The number of rotatable bonds is 2. The van der Waals surface area contributed by atoms with Gasteiger partial charge >= 0.3 is 0 Å². The summed E-state index contributed by atoms with van der Waals surface area (Å²) in [6.45, 7) is 3.80. The van der Waals surface area contributed by atoms with E-state index >= 15 is 0 Å². The summed E-state index contributed by atoms with van der Waals surface area (Å²) >= 11 is 0. The van der Waals surface area contributed by atoms with Crippen LogP contribution in [0.5, 0.6) is 0 Å². The van der Waals surface area contributed by atoms with Gasteiger partial charge in [0, 0.05) is 44.8 Å². The molecule has 7 heteroatoms. The van der Waals surface area contributed by atoms with Crippen molar-refractivity contribution < 1.29 is 0 Å². The van der Waals surface area contributed by atoms with E-state index in [0.29, 0.717) is 0 Å². The van der Waals surface area contributed by atoms with Crippen molar-refractivity contribution in [3.8, 4) is 11.4 Å². The second-order valence-electron chi connectivity index (χ2n) is 4.93. The van der Waals surface area contributed by atoms with Crippen molar-refractivity contribution >= 4 is 11.6 Å². The van der Waals surface area contributed by atoms with Gasteiger partial charge in [-0.2, -0.15) is 0 Å². The quantitative estimate of drug-likeness (QED) is 0.741. The fraction of sp³-hybridized carbons (Fsp3) is 0.286. The minimum absolute atomic E-state index is 0.776. The maximum absolute atomic E-state index is 4.69. The smallest absolute Gasteiger partial charge is 0.225 e. The maximum atomic E-state index is 4.69. The summed E-state index contributed by atoms with van der Waals surface area (Å²) < 4.78 is 1.98. The Labute approximate surface area is 121 Å². The average molecular weight is 281 g/mol. The number of hydrogen-bond acceptors (Lipinski definition) is 6. The standard InChI is InChI=1S/C14H15N7/c1-2-17-14(20-6-3-15-4-7-20)19-11(1)12-9-18-13-10-16-5-8-21(12)13/h1-2,5,8-10,15H,3-4,6-7H2. The van der Waals surface area contributed by atoms with E-state index in [1.807, 2.05) is 22.9 Å². The topological polar surface area (TPSA) is 71.2 Å². The van der Waals surface area contributed by atoms with Crippen LogP contribution in [0.4, 0.5) is 5.95 Å². The molecule has 4 heterocycles. The first kappa shape index (κ1) is 12.2. The highest BCUT2D eigenvalue weighted by atomic mass is 15.3. The summed E-state index contributed by atoms with van der Waals surface area (Å²) in [6, 6.07) is 1.91. The molecule has 0 atom stereocenters. The van der Waals surface area contributed by atoms with E-state index in [1.54, 1.807) is 18.6 Å². The molecule has 0 bridgehead atoms. The number of aromatic nitrogens is 5. The Kier molecular flexibility index (Phi) is 2.97. The third-order valence-corrected chi connectivity index (χ3v) is 3.62. The van der Waals surface area contributed by atoms with Gasteiger partial charge in [-0.05, 0) is 6.07 Å². The largest absolute Gasteiger partial charge is 0.338 e. The van der Waals surface area contributed by atoms with Gasteiger partial charge in [0.2, 0.25) is 5.95 Å². The number of anilines is 1. The molecule has 106 valence electrons. The Morgan fingerprint density at radius 3 is 2.86 bits per heavy atom. The lowest BCUT2D eigenvalue weighted by atomic mass is 10.3. The molecule has 1 fully saturated rings. The number of nitrogens with one attached hydrogen (secondary N) is 1. The van der Waals surface area contributed by atoms with Crippen LogP contribution in [-0.2, 0) is 0 Å². The first-order valence-electron chi connectivity index (χ1n) is 6.98. The zero-order chi connectivity index (χ0) is 14.1. The van der Waals surface area contributed by atoms with Crippen molar-refractivity contribution in [3.63, 3.8) is 0 Å². The predicted molar refractivity (Wildman–Crippen MR) is 79.1 cm³/mol. The highest BCUT2D eigenvalue weighted by Crippen LogP contribution is 2.20. The van der Waals surface area contributed by atoms with Crippen molar-refractivity contribution in [2.24, 2.45) is 0 Å². The molecular weight excluding hydrogens is 266 g/mol. The third-order valence-electron chi connectivity index (χ3n) is 3.62. The summed E-state index contributed by atoms with van der Waals surface area (Å²) in [7, 11) is 0. The van der Waals surface area contributed by atoms with Crippen LogP contribution in [0, 0.1) is 0 Å².